The maximum Gasteiger partial charge on any atom is 0.153 e. The lowest BCUT2D eigenvalue weighted by molar-refractivity contribution is -0.121. The first kappa shape index (κ1) is 18.5. The molecule has 0 aliphatic rings. The number of benzene rings is 1. The van der Waals surface area contributed by atoms with Gasteiger partial charge in [-0.2, -0.15) is 0 Å². The number of terminal acetylenes is 1. The van der Waals surface area contributed by atoms with E-state index < -0.39 is 5.41 Å². The smallest absolute Gasteiger partial charge is 0.153 e. The normalized spacial score (nSPS) is 13.4. The predicted molar refractivity (Wildman–Crippen MR) is 96.8 cm³/mol. The van der Waals surface area contributed by atoms with Gasteiger partial charge in [0.1, 0.15) is 0 Å². The van der Waals surface area contributed by atoms with E-state index in [1.165, 1.54) is 0 Å². The molecule has 0 amide bonds. The highest BCUT2D eigenvalue weighted by atomic mass is 79.9. The first-order valence-electron chi connectivity index (χ1n) is 7.33. The van der Waals surface area contributed by atoms with Gasteiger partial charge in [-0.25, -0.2) is 0 Å². The van der Waals surface area contributed by atoms with Crippen molar-refractivity contribution in [3.8, 4) is 12.3 Å². The van der Waals surface area contributed by atoms with Crippen molar-refractivity contribution in [1.82, 2.24) is 0 Å². The Kier molecular flexibility index (Phi) is 8.29. The Balaban J connectivity index is 2.72. The fourth-order valence-corrected chi connectivity index (χ4v) is 3.50. The molecule has 0 N–H and O–H groups in total. The molecule has 0 fully saturated rings. The third-order valence-electron chi connectivity index (χ3n) is 3.95. The van der Waals surface area contributed by atoms with Crippen LogP contribution in [0, 0.1) is 12.3 Å². The number of carbonyl (C=O) groups excluding carboxylic acids is 1. The summed E-state index contributed by atoms with van der Waals surface area (Å²) in [6.45, 7) is 2.06. The molecule has 1 nitrogen and oxygen atoms in total. The van der Waals surface area contributed by atoms with Crippen molar-refractivity contribution in [3.05, 3.63) is 34.3 Å². The van der Waals surface area contributed by atoms with Crippen LogP contribution in [0.3, 0.4) is 0 Å². The summed E-state index contributed by atoms with van der Waals surface area (Å²) in [5.41, 5.74) is 0.671. The zero-order valence-electron chi connectivity index (χ0n) is 12.5. The number of Topliss-reactive ketones (excluding diaryl/α,β-unsaturated/α-hetero) is 1. The fourth-order valence-electron chi connectivity index (χ4n) is 2.48. The van der Waals surface area contributed by atoms with E-state index in [2.05, 4.69) is 50.8 Å². The van der Waals surface area contributed by atoms with Gasteiger partial charge in [0.25, 0.3) is 0 Å². The van der Waals surface area contributed by atoms with Gasteiger partial charge in [-0.1, -0.05) is 63.3 Å². The number of carbonyl (C=O) groups is 1. The monoisotopic (exact) mass is 412 g/mol. The van der Waals surface area contributed by atoms with E-state index in [1.54, 1.807) is 0 Å². The summed E-state index contributed by atoms with van der Waals surface area (Å²) in [6.07, 6.45) is 11.4. The molecule has 0 saturated carbocycles. The third kappa shape index (κ3) is 5.60. The van der Waals surface area contributed by atoms with Gasteiger partial charge in [-0.05, 0) is 37.5 Å². The molecule has 1 atom stereocenters. The number of ketones is 1. The van der Waals surface area contributed by atoms with E-state index >= 15 is 0 Å². The van der Waals surface area contributed by atoms with Crippen LogP contribution in [0.4, 0.5) is 0 Å². The molecule has 0 bridgehead atoms. The van der Waals surface area contributed by atoms with Crippen LogP contribution < -0.4 is 0 Å². The summed E-state index contributed by atoms with van der Waals surface area (Å²) >= 11 is 6.82. The summed E-state index contributed by atoms with van der Waals surface area (Å²) in [4.78, 5) is 12.4. The molecule has 1 unspecified atom stereocenters. The summed E-state index contributed by atoms with van der Waals surface area (Å²) in [5.74, 6) is 2.91. The Morgan fingerprint density at radius 2 is 2.00 bits per heavy atom. The minimum Gasteiger partial charge on any atom is -0.298 e. The number of alkyl halides is 1. The van der Waals surface area contributed by atoms with E-state index in [9.17, 15) is 4.79 Å². The molecule has 21 heavy (non-hydrogen) atoms. The third-order valence-corrected chi connectivity index (χ3v) is 4.95. The minimum atomic E-state index is -0.417. The van der Waals surface area contributed by atoms with Crippen molar-refractivity contribution in [1.29, 1.82) is 0 Å². The summed E-state index contributed by atoms with van der Waals surface area (Å²) in [7, 11) is 0. The average Bonchev–Trinajstić information content (AvgIpc) is 2.49. The average molecular weight is 414 g/mol. The van der Waals surface area contributed by atoms with Gasteiger partial charge in [0.05, 0.1) is 10.7 Å². The second-order valence-electron chi connectivity index (χ2n) is 5.52. The van der Waals surface area contributed by atoms with E-state index in [-0.39, 0.29) is 5.78 Å². The molecule has 0 heterocycles. The van der Waals surface area contributed by atoms with Gasteiger partial charge in [-0.3, -0.25) is 4.79 Å². The number of unbranched alkanes of at least 4 members (excludes halogenated alkanes) is 4. The molecule has 0 radical (unpaired) electrons. The second kappa shape index (κ2) is 9.43. The van der Waals surface area contributed by atoms with Crippen LogP contribution in [0.1, 0.15) is 51.0 Å². The first-order valence-corrected chi connectivity index (χ1v) is 9.25. The summed E-state index contributed by atoms with van der Waals surface area (Å²) in [5, 5.41) is 0.396. The zero-order chi connectivity index (χ0) is 15.7. The molecule has 3 heteroatoms. The van der Waals surface area contributed by atoms with Crippen molar-refractivity contribution < 1.29 is 4.79 Å². The van der Waals surface area contributed by atoms with Crippen molar-refractivity contribution in [3.63, 3.8) is 0 Å². The van der Waals surface area contributed by atoms with E-state index in [1.807, 2.05) is 18.2 Å². The molecular formula is C18H22Br2O. The van der Waals surface area contributed by atoms with Gasteiger partial charge in [0.2, 0.25) is 0 Å². The molecule has 0 aliphatic heterocycles. The SMILES string of the molecule is C#CCCCCCCC(C)(C(=O)CBr)c1cccc(Br)c1. The molecule has 1 aromatic rings. The Labute approximate surface area is 145 Å². The molecule has 1 aromatic carbocycles. The van der Waals surface area contributed by atoms with E-state index in [0.717, 1.165) is 48.6 Å². The maximum atomic E-state index is 12.4. The quantitative estimate of drug-likeness (QED) is 0.290. The Bertz CT molecular complexity index is 504. The molecular weight excluding hydrogens is 392 g/mol. The van der Waals surface area contributed by atoms with Crippen LogP contribution in [0.15, 0.2) is 28.7 Å². The van der Waals surface area contributed by atoms with Crippen molar-refractivity contribution >= 4 is 37.6 Å². The lowest BCUT2D eigenvalue weighted by Crippen LogP contribution is -2.33. The Morgan fingerprint density at radius 3 is 2.62 bits per heavy atom. The zero-order valence-corrected chi connectivity index (χ0v) is 15.7. The Morgan fingerprint density at radius 1 is 1.29 bits per heavy atom. The van der Waals surface area contributed by atoms with Gasteiger partial charge >= 0.3 is 0 Å². The van der Waals surface area contributed by atoms with E-state index in [4.69, 9.17) is 6.42 Å². The van der Waals surface area contributed by atoms with Crippen molar-refractivity contribution in [2.45, 2.75) is 50.9 Å². The minimum absolute atomic E-state index is 0.240. The largest absolute Gasteiger partial charge is 0.298 e. The highest BCUT2D eigenvalue weighted by Crippen LogP contribution is 2.33. The number of rotatable bonds is 9. The van der Waals surface area contributed by atoms with E-state index in [0.29, 0.717) is 5.33 Å². The molecule has 114 valence electrons. The molecule has 1 rings (SSSR count). The number of hydrogen-bond donors (Lipinski definition) is 0. The topological polar surface area (TPSA) is 17.1 Å². The Hall–Kier alpha value is -0.590. The van der Waals surface area contributed by atoms with Crippen LogP contribution in [0.25, 0.3) is 0 Å². The number of halogens is 2. The second-order valence-corrected chi connectivity index (χ2v) is 6.99. The lowest BCUT2D eigenvalue weighted by atomic mass is 9.75. The lowest BCUT2D eigenvalue weighted by Gasteiger charge is -2.28. The molecule has 0 aromatic heterocycles. The van der Waals surface area contributed by atoms with Crippen LogP contribution in [-0.2, 0) is 10.2 Å². The molecule has 0 spiro atoms. The number of hydrogen-bond acceptors (Lipinski definition) is 1. The molecule has 0 aliphatic carbocycles. The predicted octanol–water partition coefficient (Wildman–Crippen LogP) is 5.64. The van der Waals surface area contributed by atoms with Crippen LogP contribution in [-0.4, -0.2) is 11.1 Å². The van der Waals surface area contributed by atoms with Gasteiger partial charge < -0.3 is 0 Å². The summed E-state index contributed by atoms with van der Waals surface area (Å²) in [6, 6.07) is 8.08. The van der Waals surface area contributed by atoms with Crippen LogP contribution in [0.5, 0.6) is 0 Å². The van der Waals surface area contributed by atoms with Gasteiger partial charge in [0.15, 0.2) is 5.78 Å². The van der Waals surface area contributed by atoms with Crippen LogP contribution in [0.2, 0.25) is 0 Å². The summed E-state index contributed by atoms with van der Waals surface area (Å²) < 4.78 is 1.02. The standard InChI is InChI=1S/C18H22Br2O/c1-3-4-5-6-7-8-12-18(2,17(21)14-19)15-10-9-11-16(20)13-15/h1,9-11,13H,4-8,12,14H2,2H3. The first-order chi connectivity index (χ1) is 10.0. The highest BCUT2D eigenvalue weighted by Gasteiger charge is 2.33. The van der Waals surface area contributed by atoms with Crippen LogP contribution >= 0.6 is 31.9 Å². The highest BCUT2D eigenvalue weighted by molar-refractivity contribution is 9.10. The van der Waals surface area contributed by atoms with Crippen molar-refractivity contribution in [2.75, 3.05) is 5.33 Å². The molecule has 0 saturated heterocycles. The van der Waals surface area contributed by atoms with Gasteiger partial charge in [-0.15, -0.1) is 12.3 Å². The fraction of sp³-hybridized carbons (Fsp3) is 0.500. The van der Waals surface area contributed by atoms with Crippen molar-refractivity contribution in [2.24, 2.45) is 0 Å². The van der Waals surface area contributed by atoms with Gasteiger partial charge in [0, 0.05) is 10.9 Å². The maximum absolute atomic E-state index is 12.4.